The maximum Gasteiger partial charge on any atom is 0.311 e. The minimum absolute atomic E-state index is 0.00231. The van der Waals surface area contributed by atoms with Gasteiger partial charge in [0.05, 0.1) is 11.3 Å². The molecule has 9 unspecified atom stereocenters. The lowest BCUT2D eigenvalue weighted by Gasteiger charge is -2.42. The van der Waals surface area contributed by atoms with Gasteiger partial charge in [0.15, 0.2) is 0 Å². The first kappa shape index (κ1) is 18.0. The van der Waals surface area contributed by atoms with E-state index in [4.69, 9.17) is 9.47 Å². The average Bonchev–Trinajstić information content (AvgIpc) is 3.28. The van der Waals surface area contributed by atoms with Gasteiger partial charge in [-0.15, -0.1) is 0 Å². The highest BCUT2D eigenvalue weighted by atomic mass is 16.6. The number of hydrogen-bond donors (Lipinski definition) is 0. The van der Waals surface area contributed by atoms with E-state index in [2.05, 4.69) is 6.92 Å². The second kappa shape index (κ2) is 5.73. The highest BCUT2D eigenvalue weighted by Gasteiger charge is 2.63. The van der Waals surface area contributed by atoms with Crippen molar-refractivity contribution in [1.29, 1.82) is 0 Å². The Morgan fingerprint density at radius 1 is 0.926 bits per heavy atom. The predicted octanol–water partition coefficient (Wildman–Crippen LogP) is 4.36. The van der Waals surface area contributed by atoms with Crippen molar-refractivity contribution in [3.05, 3.63) is 0 Å². The Hall–Kier alpha value is -1.06. The average molecular weight is 375 g/mol. The Labute approximate surface area is 162 Å². The van der Waals surface area contributed by atoms with Crippen LogP contribution < -0.4 is 0 Å². The maximum absolute atomic E-state index is 13.2. The molecule has 0 saturated heterocycles. The van der Waals surface area contributed by atoms with Crippen LogP contribution in [0.3, 0.4) is 0 Å². The van der Waals surface area contributed by atoms with E-state index in [9.17, 15) is 9.59 Å². The molecule has 0 N–H and O–H groups in total. The molecule has 0 amide bonds. The van der Waals surface area contributed by atoms with Crippen LogP contribution in [-0.4, -0.2) is 23.6 Å². The molecular formula is C23H34O4. The highest BCUT2D eigenvalue weighted by molar-refractivity contribution is 5.76. The molecule has 6 aliphatic carbocycles. The third-order valence-corrected chi connectivity index (χ3v) is 8.79. The van der Waals surface area contributed by atoms with Gasteiger partial charge in [-0.3, -0.25) is 9.59 Å². The summed E-state index contributed by atoms with van der Waals surface area (Å²) in [5.41, 5.74) is -0.735. The van der Waals surface area contributed by atoms with Gasteiger partial charge >= 0.3 is 11.9 Å². The monoisotopic (exact) mass is 374 g/mol. The van der Waals surface area contributed by atoms with Crippen LogP contribution in [0.15, 0.2) is 0 Å². The Kier molecular flexibility index (Phi) is 3.82. The summed E-state index contributed by atoms with van der Waals surface area (Å²) in [6.07, 6.45) is 7.87. The topological polar surface area (TPSA) is 52.6 Å². The number of ether oxygens (including phenoxy) is 2. The van der Waals surface area contributed by atoms with Gasteiger partial charge < -0.3 is 9.47 Å². The van der Waals surface area contributed by atoms with E-state index in [1.807, 2.05) is 20.8 Å². The smallest absolute Gasteiger partial charge is 0.311 e. The van der Waals surface area contributed by atoms with Crippen LogP contribution in [0.2, 0.25) is 0 Å². The van der Waals surface area contributed by atoms with Crippen LogP contribution in [0.5, 0.6) is 0 Å². The zero-order valence-electron chi connectivity index (χ0n) is 17.2. The van der Waals surface area contributed by atoms with E-state index >= 15 is 0 Å². The molecule has 0 aromatic rings. The van der Waals surface area contributed by atoms with Crippen molar-refractivity contribution in [3.8, 4) is 0 Å². The van der Waals surface area contributed by atoms with Gasteiger partial charge in [-0.05, 0) is 96.3 Å². The van der Waals surface area contributed by atoms with Crippen LogP contribution in [0.1, 0.15) is 72.6 Å². The number of carbonyl (C=O) groups excluding carboxylic acids is 2. The van der Waals surface area contributed by atoms with Gasteiger partial charge in [-0.2, -0.15) is 0 Å². The Morgan fingerprint density at radius 3 is 2.33 bits per heavy atom. The summed E-state index contributed by atoms with van der Waals surface area (Å²) >= 11 is 0. The Bertz CT molecular complexity index is 660. The molecule has 150 valence electrons. The Morgan fingerprint density at radius 2 is 1.67 bits per heavy atom. The first-order valence-electron chi connectivity index (χ1n) is 11.1. The molecule has 27 heavy (non-hydrogen) atoms. The molecule has 9 atom stereocenters. The van der Waals surface area contributed by atoms with Crippen molar-refractivity contribution in [2.75, 3.05) is 0 Å². The summed E-state index contributed by atoms with van der Waals surface area (Å²) in [4.78, 5) is 25.6. The molecule has 0 radical (unpaired) electrons. The van der Waals surface area contributed by atoms with Crippen LogP contribution >= 0.6 is 0 Å². The van der Waals surface area contributed by atoms with Gasteiger partial charge in [0.2, 0.25) is 0 Å². The number of fused-ring (bicyclic) bond motifs is 2. The molecule has 6 rings (SSSR count). The molecule has 0 aromatic heterocycles. The van der Waals surface area contributed by atoms with Crippen molar-refractivity contribution in [3.63, 3.8) is 0 Å². The summed E-state index contributed by atoms with van der Waals surface area (Å²) in [7, 11) is 0. The minimum atomic E-state index is -0.493. The quantitative estimate of drug-likeness (QED) is 0.689. The van der Waals surface area contributed by atoms with Crippen molar-refractivity contribution in [1.82, 2.24) is 0 Å². The summed E-state index contributed by atoms with van der Waals surface area (Å²) in [5, 5.41) is 0. The van der Waals surface area contributed by atoms with E-state index in [0.717, 1.165) is 31.1 Å². The van der Waals surface area contributed by atoms with Crippen LogP contribution in [0.4, 0.5) is 0 Å². The highest BCUT2D eigenvalue weighted by Crippen LogP contribution is 2.64. The number of rotatable bonds is 3. The van der Waals surface area contributed by atoms with E-state index in [1.54, 1.807) is 0 Å². The van der Waals surface area contributed by atoms with Gasteiger partial charge in [0.25, 0.3) is 0 Å². The van der Waals surface area contributed by atoms with Crippen molar-refractivity contribution in [2.45, 2.75) is 84.3 Å². The third-order valence-electron chi connectivity index (χ3n) is 8.79. The fraction of sp³-hybridized carbons (Fsp3) is 0.913. The first-order chi connectivity index (χ1) is 12.6. The molecule has 0 aliphatic heterocycles. The zero-order valence-corrected chi connectivity index (χ0v) is 17.2. The largest absolute Gasteiger partial charge is 0.462 e. The van der Waals surface area contributed by atoms with Crippen LogP contribution in [0, 0.1) is 46.8 Å². The molecule has 0 spiro atoms. The summed E-state index contributed by atoms with van der Waals surface area (Å²) in [6, 6.07) is 0. The molecule has 0 heterocycles. The maximum atomic E-state index is 13.2. The molecule has 6 aliphatic rings. The second-order valence-electron chi connectivity index (χ2n) is 11.5. The molecule has 6 fully saturated rings. The molecule has 0 aromatic carbocycles. The summed E-state index contributed by atoms with van der Waals surface area (Å²) in [6.45, 7) is 7.88. The lowest BCUT2D eigenvalue weighted by molar-refractivity contribution is -0.182. The Balaban J connectivity index is 1.27. The van der Waals surface area contributed by atoms with Gasteiger partial charge in [0, 0.05) is 11.8 Å². The fourth-order valence-electron chi connectivity index (χ4n) is 7.49. The van der Waals surface area contributed by atoms with E-state index in [1.165, 1.54) is 25.7 Å². The van der Waals surface area contributed by atoms with E-state index in [-0.39, 0.29) is 35.5 Å². The summed E-state index contributed by atoms with van der Waals surface area (Å²) < 4.78 is 12.2. The minimum Gasteiger partial charge on any atom is -0.462 e. The van der Waals surface area contributed by atoms with Gasteiger partial charge in [-0.25, -0.2) is 0 Å². The number of esters is 2. The lowest BCUT2D eigenvalue weighted by Crippen LogP contribution is -2.47. The van der Waals surface area contributed by atoms with Crippen LogP contribution in [0.25, 0.3) is 0 Å². The normalized spacial score (nSPS) is 49.6. The molecule has 6 saturated carbocycles. The van der Waals surface area contributed by atoms with E-state index in [0.29, 0.717) is 17.8 Å². The molecule has 6 bridgehead atoms. The third kappa shape index (κ3) is 2.68. The van der Waals surface area contributed by atoms with Crippen LogP contribution in [-0.2, 0) is 19.1 Å². The SMILES string of the molecule is CC(C)(C)C(=O)OC1CC2CC(C(=O)OC3(C)C4CC5CC(C4)C3C5)C1C2. The van der Waals surface area contributed by atoms with E-state index < -0.39 is 5.41 Å². The summed E-state index contributed by atoms with van der Waals surface area (Å²) in [5.74, 6) is 3.26. The van der Waals surface area contributed by atoms with Crippen molar-refractivity contribution in [2.24, 2.45) is 46.8 Å². The molecule has 4 heteroatoms. The fourth-order valence-corrected chi connectivity index (χ4v) is 7.49. The molecular weight excluding hydrogens is 340 g/mol. The predicted molar refractivity (Wildman–Crippen MR) is 101 cm³/mol. The number of hydrogen-bond acceptors (Lipinski definition) is 4. The first-order valence-corrected chi connectivity index (χ1v) is 11.1. The van der Waals surface area contributed by atoms with Gasteiger partial charge in [0.1, 0.15) is 11.7 Å². The van der Waals surface area contributed by atoms with Crippen molar-refractivity contribution >= 4 is 11.9 Å². The number of carbonyl (C=O) groups is 2. The second-order valence-corrected chi connectivity index (χ2v) is 11.5. The van der Waals surface area contributed by atoms with Crippen molar-refractivity contribution < 1.29 is 19.1 Å². The molecule has 4 nitrogen and oxygen atoms in total. The lowest BCUT2D eigenvalue weighted by atomic mass is 9.73. The van der Waals surface area contributed by atoms with Gasteiger partial charge in [-0.1, -0.05) is 0 Å². The standard InChI is InChI=1S/C23H34O4/c1-22(2,3)21(25)26-19-10-13-7-16(19)17(8-13)20(24)27-23(4)15-6-12-5-14(11-15)18(23)9-12/h12-19H,5-11H2,1-4H3. The zero-order chi connectivity index (χ0) is 19.1.